The van der Waals surface area contributed by atoms with Crippen LogP contribution in [0.2, 0.25) is 0 Å². The monoisotopic (exact) mass is 458 g/mol. The van der Waals surface area contributed by atoms with Gasteiger partial charge in [0, 0.05) is 23.5 Å². The Labute approximate surface area is 197 Å². The standard InChI is InChI=1S/C25H26N6O3/c1-14(2)31-12-18(21-23(26)27-13-28-24(21)31)22(32)17-11-16(10-9-15(17)3)29-25(33)30-19-7-5-6-8-20(19)34-4/h5-14H,1-4H3,(H2,26,27,28)(H2,29,30,33). The van der Waals surface area contributed by atoms with Crippen molar-refractivity contribution in [2.45, 2.75) is 26.8 Å². The maximum Gasteiger partial charge on any atom is 0.323 e. The maximum absolute atomic E-state index is 13.6. The van der Waals surface area contributed by atoms with Crippen LogP contribution in [0.1, 0.15) is 41.4 Å². The number of ketones is 1. The first-order chi connectivity index (χ1) is 16.3. The third kappa shape index (κ3) is 4.27. The predicted octanol–water partition coefficient (Wildman–Crippen LogP) is 4.79. The number of urea groups is 1. The summed E-state index contributed by atoms with van der Waals surface area (Å²) < 4.78 is 7.17. The van der Waals surface area contributed by atoms with E-state index in [-0.39, 0.29) is 17.6 Å². The van der Waals surface area contributed by atoms with E-state index in [4.69, 9.17) is 10.5 Å². The number of hydrogen-bond donors (Lipinski definition) is 3. The lowest BCUT2D eigenvalue weighted by atomic mass is 9.98. The highest BCUT2D eigenvalue weighted by Gasteiger charge is 2.23. The Hall–Kier alpha value is -4.40. The summed E-state index contributed by atoms with van der Waals surface area (Å²) in [6, 6.07) is 11.9. The maximum atomic E-state index is 13.6. The molecule has 2 heterocycles. The first kappa shape index (κ1) is 22.8. The molecule has 0 aliphatic carbocycles. The van der Waals surface area contributed by atoms with Gasteiger partial charge in [-0.1, -0.05) is 18.2 Å². The molecule has 0 unspecified atom stereocenters. The van der Waals surface area contributed by atoms with E-state index in [1.807, 2.05) is 31.4 Å². The first-order valence-electron chi connectivity index (χ1n) is 10.8. The van der Waals surface area contributed by atoms with Crippen LogP contribution in [0, 0.1) is 6.92 Å². The molecule has 2 aromatic carbocycles. The van der Waals surface area contributed by atoms with Crippen molar-refractivity contribution in [3.8, 4) is 5.75 Å². The summed E-state index contributed by atoms with van der Waals surface area (Å²) in [5.41, 5.74) is 9.36. The number of aromatic nitrogens is 3. The van der Waals surface area contributed by atoms with Gasteiger partial charge in [-0.25, -0.2) is 14.8 Å². The summed E-state index contributed by atoms with van der Waals surface area (Å²) >= 11 is 0. The van der Waals surface area contributed by atoms with Crippen LogP contribution < -0.4 is 21.1 Å². The van der Waals surface area contributed by atoms with Crippen molar-refractivity contribution < 1.29 is 14.3 Å². The van der Waals surface area contributed by atoms with Gasteiger partial charge in [-0.3, -0.25) is 4.79 Å². The topological polar surface area (TPSA) is 124 Å². The highest BCUT2D eigenvalue weighted by Crippen LogP contribution is 2.30. The molecule has 0 atom stereocenters. The number of para-hydroxylation sites is 2. The lowest BCUT2D eigenvalue weighted by Crippen LogP contribution is -2.20. The quantitative estimate of drug-likeness (QED) is 0.357. The van der Waals surface area contributed by atoms with Crippen LogP contribution in [0.25, 0.3) is 11.0 Å². The highest BCUT2D eigenvalue weighted by atomic mass is 16.5. The molecule has 0 bridgehead atoms. The number of ether oxygens (including phenoxy) is 1. The number of fused-ring (bicyclic) bond motifs is 1. The number of nitrogens with two attached hydrogens (primary N) is 1. The van der Waals surface area contributed by atoms with Crippen molar-refractivity contribution in [1.82, 2.24) is 14.5 Å². The summed E-state index contributed by atoms with van der Waals surface area (Å²) in [6.07, 6.45) is 3.15. The Morgan fingerprint density at radius 3 is 2.56 bits per heavy atom. The van der Waals surface area contributed by atoms with Crippen molar-refractivity contribution in [3.63, 3.8) is 0 Å². The van der Waals surface area contributed by atoms with Crippen LogP contribution in [0.15, 0.2) is 55.0 Å². The number of hydrogen-bond acceptors (Lipinski definition) is 6. The smallest absolute Gasteiger partial charge is 0.323 e. The van der Waals surface area contributed by atoms with Crippen molar-refractivity contribution in [2.75, 3.05) is 23.5 Å². The molecule has 4 N–H and O–H groups in total. The normalized spacial score (nSPS) is 11.0. The highest BCUT2D eigenvalue weighted by molar-refractivity contribution is 6.19. The van der Waals surface area contributed by atoms with E-state index in [2.05, 4.69) is 20.6 Å². The molecule has 4 aromatic rings. The van der Waals surface area contributed by atoms with Gasteiger partial charge < -0.3 is 25.7 Å². The van der Waals surface area contributed by atoms with Gasteiger partial charge in [0.1, 0.15) is 23.5 Å². The SMILES string of the molecule is COc1ccccc1NC(=O)Nc1ccc(C)c(C(=O)c2cn(C(C)C)c3ncnc(N)c23)c1. The fourth-order valence-electron chi connectivity index (χ4n) is 3.80. The van der Waals surface area contributed by atoms with E-state index >= 15 is 0 Å². The Kier molecular flexibility index (Phi) is 6.18. The summed E-state index contributed by atoms with van der Waals surface area (Å²) in [5, 5.41) is 6.05. The first-order valence-corrected chi connectivity index (χ1v) is 10.8. The summed E-state index contributed by atoms with van der Waals surface area (Å²) in [5.74, 6) is 0.562. The number of rotatable bonds is 6. The van der Waals surface area contributed by atoms with E-state index in [1.54, 1.807) is 42.6 Å². The molecule has 0 aliphatic rings. The van der Waals surface area contributed by atoms with Gasteiger partial charge >= 0.3 is 6.03 Å². The third-order valence-electron chi connectivity index (χ3n) is 5.53. The third-order valence-corrected chi connectivity index (χ3v) is 5.53. The number of carbonyl (C=O) groups is 2. The van der Waals surface area contributed by atoms with Crippen molar-refractivity contribution in [1.29, 1.82) is 0 Å². The fraction of sp³-hybridized carbons (Fsp3) is 0.200. The molecule has 9 heteroatoms. The van der Waals surface area contributed by atoms with Crippen LogP contribution in [-0.2, 0) is 0 Å². The average Bonchev–Trinajstić information content (AvgIpc) is 3.21. The van der Waals surface area contributed by atoms with Crippen molar-refractivity contribution in [2.24, 2.45) is 0 Å². The summed E-state index contributed by atoms with van der Waals surface area (Å²) in [7, 11) is 1.53. The van der Waals surface area contributed by atoms with Gasteiger partial charge in [0.05, 0.1) is 23.7 Å². The number of benzene rings is 2. The molecule has 0 saturated carbocycles. The molecule has 0 saturated heterocycles. The van der Waals surface area contributed by atoms with Gasteiger partial charge in [0.15, 0.2) is 5.78 Å². The minimum absolute atomic E-state index is 0.0751. The second kappa shape index (κ2) is 9.22. The van der Waals surface area contributed by atoms with E-state index < -0.39 is 6.03 Å². The van der Waals surface area contributed by atoms with E-state index in [1.165, 1.54) is 13.4 Å². The van der Waals surface area contributed by atoms with Gasteiger partial charge in [0.2, 0.25) is 0 Å². The van der Waals surface area contributed by atoms with E-state index in [0.29, 0.717) is 39.3 Å². The van der Waals surface area contributed by atoms with Crippen molar-refractivity contribution in [3.05, 3.63) is 71.7 Å². The number of nitrogen functional groups attached to an aromatic ring is 1. The summed E-state index contributed by atoms with van der Waals surface area (Å²) in [6.45, 7) is 5.84. The van der Waals surface area contributed by atoms with E-state index in [9.17, 15) is 9.59 Å². The molecule has 34 heavy (non-hydrogen) atoms. The second-order valence-electron chi connectivity index (χ2n) is 8.14. The minimum Gasteiger partial charge on any atom is -0.495 e. The zero-order valence-corrected chi connectivity index (χ0v) is 19.4. The predicted molar refractivity (Wildman–Crippen MR) is 133 cm³/mol. The second-order valence-corrected chi connectivity index (χ2v) is 8.14. The van der Waals surface area contributed by atoms with E-state index in [0.717, 1.165) is 5.56 Å². The van der Waals surface area contributed by atoms with Gasteiger partial charge in [0.25, 0.3) is 0 Å². The van der Waals surface area contributed by atoms with Gasteiger partial charge in [-0.15, -0.1) is 0 Å². The lowest BCUT2D eigenvalue weighted by molar-refractivity contribution is 0.103. The lowest BCUT2D eigenvalue weighted by Gasteiger charge is -2.12. The Morgan fingerprint density at radius 1 is 1.06 bits per heavy atom. The number of amides is 2. The molecule has 174 valence electrons. The number of carbonyl (C=O) groups excluding carboxylic acids is 2. The molecule has 0 fully saturated rings. The van der Waals surface area contributed by atoms with Crippen LogP contribution >= 0.6 is 0 Å². The molecule has 4 rings (SSSR count). The zero-order chi connectivity index (χ0) is 24.4. The molecule has 0 radical (unpaired) electrons. The van der Waals surface area contributed by atoms with Crippen LogP contribution in [0.5, 0.6) is 5.75 Å². The minimum atomic E-state index is -0.458. The van der Waals surface area contributed by atoms with Crippen LogP contribution in [-0.4, -0.2) is 33.5 Å². The van der Waals surface area contributed by atoms with Crippen LogP contribution in [0.3, 0.4) is 0 Å². The number of anilines is 3. The molecular formula is C25H26N6O3. The Balaban J connectivity index is 1.65. The Bertz CT molecular complexity index is 1390. The zero-order valence-electron chi connectivity index (χ0n) is 19.4. The molecule has 0 aliphatic heterocycles. The number of aryl methyl sites for hydroxylation is 1. The number of nitrogens with zero attached hydrogens (tertiary/aromatic N) is 3. The number of methoxy groups -OCH3 is 1. The molecule has 2 amide bonds. The molecule has 0 spiro atoms. The molecule has 9 nitrogen and oxygen atoms in total. The largest absolute Gasteiger partial charge is 0.495 e. The molecule has 2 aromatic heterocycles. The number of nitrogens with one attached hydrogen (secondary N) is 2. The average molecular weight is 459 g/mol. The van der Waals surface area contributed by atoms with Crippen molar-refractivity contribution >= 4 is 40.0 Å². The van der Waals surface area contributed by atoms with Gasteiger partial charge in [-0.2, -0.15) is 0 Å². The summed E-state index contributed by atoms with van der Waals surface area (Å²) in [4.78, 5) is 34.6. The fourth-order valence-corrected chi connectivity index (χ4v) is 3.80. The van der Waals surface area contributed by atoms with Gasteiger partial charge in [-0.05, 0) is 50.6 Å². The Morgan fingerprint density at radius 2 is 1.82 bits per heavy atom. The molecular weight excluding hydrogens is 432 g/mol. The van der Waals surface area contributed by atoms with Crippen LogP contribution in [0.4, 0.5) is 22.0 Å².